The molecule has 1 aromatic rings. The number of hydrogen-bond donors (Lipinski definition) is 1. The Bertz CT molecular complexity index is 476. The average molecular weight is 361 g/mol. The van der Waals surface area contributed by atoms with Gasteiger partial charge in [-0.05, 0) is 53.2 Å². The van der Waals surface area contributed by atoms with Gasteiger partial charge in [0.15, 0.2) is 5.75 Å². The van der Waals surface area contributed by atoms with Crippen LogP contribution < -0.4 is 10.1 Å². The summed E-state index contributed by atoms with van der Waals surface area (Å²) in [5.74, 6) is 0.860. The minimum atomic E-state index is 0.302. The molecule has 2 nitrogen and oxygen atoms in total. The third-order valence-corrected chi connectivity index (χ3v) is 4.94. The van der Waals surface area contributed by atoms with E-state index in [4.69, 9.17) is 16.3 Å². The van der Waals surface area contributed by atoms with E-state index in [0.29, 0.717) is 18.1 Å². The first-order chi connectivity index (χ1) is 9.44. The molecule has 0 aromatic heterocycles. The van der Waals surface area contributed by atoms with Gasteiger partial charge in [-0.15, -0.1) is 0 Å². The van der Waals surface area contributed by atoms with E-state index in [0.717, 1.165) is 20.9 Å². The monoisotopic (exact) mass is 359 g/mol. The van der Waals surface area contributed by atoms with Crippen LogP contribution in [0.5, 0.6) is 5.75 Å². The number of benzene rings is 1. The lowest BCUT2D eigenvalue weighted by Gasteiger charge is -2.40. The molecule has 0 saturated heterocycles. The van der Waals surface area contributed by atoms with E-state index in [9.17, 15) is 0 Å². The van der Waals surface area contributed by atoms with Gasteiger partial charge in [-0.3, -0.25) is 0 Å². The fraction of sp³-hybridized carbons (Fsp3) is 0.625. The van der Waals surface area contributed by atoms with Crippen LogP contribution in [0.3, 0.4) is 0 Å². The maximum atomic E-state index is 6.19. The van der Waals surface area contributed by atoms with Gasteiger partial charge in [0.25, 0.3) is 0 Å². The standard InChI is InChI=1S/C16H23BrClNO/c1-4-20-15-12(17)9-11(18)10-13(15)19-14-7-5-6-8-16(14,2)3/h9-10,14,19H,4-8H2,1-3H3. The molecule has 1 saturated carbocycles. The van der Waals surface area contributed by atoms with Gasteiger partial charge in [-0.1, -0.05) is 38.3 Å². The smallest absolute Gasteiger partial charge is 0.156 e. The van der Waals surface area contributed by atoms with E-state index >= 15 is 0 Å². The van der Waals surface area contributed by atoms with Crippen LogP contribution in [0.4, 0.5) is 5.69 Å². The zero-order valence-corrected chi connectivity index (χ0v) is 14.8. The van der Waals surface area contributed by atoms with Crippen molar-refractivity contribution in [1.82, 2.24) is 0 Å². The molecule has 2 rings (SSSR count). The van der Waals surface area contributed by atoms with E-state index in [1.807, 2.05) is 19.1 Å². The number of ether oxygens (including phenoxy) is 1. The van der Waals surface area contributed by atoms with Crippen molar-refractivity contribution in [2.45, 2.75) is 52.5 Å². The first-order valence-corrected chi connectivity index (χ1v) is 8.49. The van der Waals surface area contributed by atoms with Crippen molar-refractivity contribution in [3.63, 3.8) is 0 Å². The van der Waals surface area contributed by atoms with Gasteiger partial charge >= 0.3 is 0 Å². The molecular weight excluding hydrogens is 338 g/mol. The molecule has 0 spiro atoms. The van der Waals surface area contributed by atoms with E-state index in [1.165, 1.54) is 25.7 Å². The first kappa shape index (κ1) is 16.0. The lowest BCUT2D eigenvalue weighted by atomic mass is 9.73. The summed E-state index contributed by atoms with van der Waals surface area (Å²) in [5.41, 5.74) is 1.29. The fourth-order valence-corrected chi connectivity index (χ4v) is 3.83. The summed E-state index contributed by atoms with van der Waals surface area (Å²) in [6.07, 6.45) is 5.06. The van der Waals surface area contributed by atoms with Gasteiger partial charge in [-0.2, -0.15) is 0 Å². The summed E-state index contributed by atoms with van der Waals surface area (Å²) in [6, 6.07) is 4.30. The minimum Gasteiger partial charge on any atom is -0.491 e. The molecule has 1 atom stereocenters. The number of hydrogen-bond acceptors (Lipinski definition) is 2. The van der Waals surface area contributed by atoms with Crippen LogP contribution in [0.25, 0.3) is 0 Å². The normalized spacial score (nSPS) is 21.6. The third-order valence-electron chi connectivity index (χ3n) is 4.13. The van der Waals surface area contributed by atoms with Crippen LogP contribution >= 0.6 is 27.5 Å². The van der Waals surface area contributed by atoms with Crippen molar-refractivity contribution >= 4 is 33.2 Å². The van der Waals surface area contributed by atoms with E-state index in [2.05, 4.69) is 35.1 Å². The van der Waals surface area contributed by atoms with Crippen LogP contribution in [-0.4, -0.2) is 12.6 Å². The van der Waals surface area contributed by atoms with Crippen molar-refractivity contribution < 1.29 is 4.74 Å². The predicted molar refractivity (Wildman–Crippen MR) is 90.0 cm³/mol. The first-order valence-electron chi connectivity index (χ1n) is 7.32. The molecule has 1 N–H and O–H groups in total. The summed E-state index contributed by atoms with van der Waals surface area (Å²) < 4.78 is 6.67. The Morgan fingerprint density at radius 3 is 2.80 bits per heavy atom. The van der Waals surface area contributed by atoms with Crippen LogP contribution in [-0.2, 0) is 0 Å². The Labute approximate surface area is 135 Å². The molecule has 0 aliphatic heterocycles. The summed E-state index contributed by atoms with van der Waals surface area (Å²) in [6.45, 7) is 7.31. The van der Waals surface area contributed by atoms with Gasteiger partial charge in [0.05, 0.1) is 16.8 Å². The quantitative estimate of drug-likeness (QED) is 0.723. The number of nitrogens with one attached hydrogen (secondary N) is 1. The second-order valence-electron chi connectivity index (χ2n) is 6.13. The Morgan fingerprint density at radius 1 is 1.40 bits per heavy atom. The zero-order valence-electron chi connectivity index (χ0n) is 12.4. The fourth-order valence-electron chi connectivity index (χ4n) is 2.91. The van der Waals surface area contributed by atoms with Crippen LogP contribution in [0.2, 0.25) is 5.02 Å². The van der Waals surface area contributed by atoms with Crippen molar-refractivity contribution in [2.24, 2.45) is 5.41 Å². The van der Waals surface area contributed by atoms with E-state index in [1.54, 1.807) is 0 Å². The molecule has 0 amide bonds. The van der Waals surface area contributed by atoms with E-state index < -0.39 is 0 Å². The molecule has 0 heterocycles. The Morgan fingerprint density at radius 2 is 2.15 bits per heavy atom. The molecule has 4 heteroatoms. The van der Waals surface area contributed by atoms with Gasteiger partial charge in [0, 0.05) is 11.1 Å². The highest BCUT2D eigenvalue weighted by molar-refractivity contribution is 9.10. The lowest BCUT2D eigenvalue weighted by Crippen LogP contribution is -2.39. The van der Waals surface area contributed by atoms with Crippen molar-refractivity contribution in [2.75, 3.05) is 11.9 Å². The Balaban J connectivity index is 2.27. The number of halogens is 2. The molecule has 0 radical (unpaired) electrons. The molecule has 1 aliphatic carbocycles. The largest absolute Gasteiger partial charge is 0.491 e. The van der Waals surface area contributed by atoms with Crippen molar-refractivity contribution in [3.8, 4) is 5.75 Å². The van der Waals surface area contributed by atoms with Crippen molar-refractivity contribution in [3.05, 3.63) is 21.6 Å². The summed E-state index contributed by atoms with van der Waals surface area (Å²) in [7, 11) is 0. The molecule has 20 heavy (non-hydrogen) atoms. The molecule has 1 fully saturated rings. The van der Waals surface area contributed by atoms with Gasteiger partial charge in [0.1, 0.15) is 0 Å². The van der Waals surface area contributed by atoms with Gasteiger partial charge in [0.2, 0.25) is 0 Å². The molecular formula is C16H23BrClNO. The van der Waals surface area contributed by atoms with Crippen LogP contribution in [0.15, 0.2) is 16.6 Å². The zero-order chi connectivity index (χ0) is 14.8. The highest BCUT2D eigenvalue weighted by Crippen LogP contribution is 2.41. The number of rotatable bonds is 4. The molecule has 1 aliphatic rings. The van der Waals surface area contributed by atoms with Crippen molar-refractivity contribution in [1.29, 1.82) is 0 Å². The maximum absolute atomic E-state index is 6.19. The maximum Gasteiger partial charge on any atom is 0.156 e. The second-order valence-corrected chi connectivity index (χ2v) is 7.42. The predicted octanol–water partition coefficient (Wildman–Crippen LogP) is 5.88. The highest BCUT2D eigenvalue weighted by Gasteiger charge is 2.32. The number of anilines is 1. The molecule has 1 aromatic carbocycles. The second kappa shape index (κ2) is 6.57. The molecule has 0 bridgehead atoms. The molecule has 112 valence electrons. The Hall–Kier alpha value is -0.410. The van der Waals surface area contributed by atoms with Crippen LogP contribution in [0, 0.1) is 5.41 Å². The summed E-state index contributed by atoms with van der Waals surface area (Å²) >= 11 is 9.73. The van der Waals surface area contributed by atoms with Gasteiger partial charge in [-0.25, -0.2) is 0 Å². The average Bonchev–Trinajstić information content (AvgIpc) is 2.36. The van der Waals surface area contributed by atoms with E-state index in [-0.39, 0.29) is 0 Å². The lowest BCUT2D eigenvalue weighted by molar-refractivity contribution is 0.216. The van der Waals surface area contributed by atoms with Crippen LogP contribution in [0.1, 0.15) is 46.5 Å². The minimum absolute atomic E-state index is 0.302. The summed E-state index contributed by atoms with van der Waals surface area (Å²) in [5, 5.41) is 4.39. The summed E-state index contributed by atoms with van der Waals surface area (Å²) in [4.78, 5) is 0. The SMILES string of the molecule is CCOc1c(Br)cc(Cl)cc1NC1CCCCC1(C)C. The Kier molecular flexibility index (Phi) is 5.25. The molecule has 1 unspecified atom stereocenters. The third kappa shape index (κ3) is 3.62. The van der Waals surface area contributed by atoms with Gasteiger partial charge < -0.3 is 10.1 Å². The topological polar surface area (TPSA) is 21.3 Å². The highest BCUT2D eigenvalue weighted by atomic mass is 79.9.